The summed E-state index contributed by atoms with van der Waals surface area (Å²) in [5, 5.41) is 1.34. The van der Waals surface area contributed by atoms with Crippen LogP contribution in [0.5, 0.6) is 0 Å². The van der Waals surface area contributed by atoms with Crippen molar-refractivity contribution in [1.82, 2.24) is 9.97 Å². The minimum absolute atomic E-state index is 0.393. The van der Waals surface area contributed by atoms with Gasteiger partial charge >= 0.3 is 0 Å². The second-order valence-electron chi connectivity index (χ2n) is 15.3. The van der Waals surface area contributed by atoms with Crippen LogP contribution in [0.15, 0.2) is 206 Å². The Morgan fingerprint density at radius 1 is 0.345 bits per heavy atom. The molecule has 1 atom stereocenters. The lowest BCUT2D eigenvalue weighted by Crippen LogP contribution is -2.24. The molecule has 0 N–H and O–H groups in total. The number of thiophene rings is 1. The number of benzene rings is 8. The van der Waals surface area contributed by atoms with E-state index in [2.05, 4.69) is 200 Å². The van der Waals surface area contributed by atoms with Crippen molar-refractivity contribution in [2.45, 2.75) is 5.41 Å². The van der Waals surface area contributed by atoms with Crippen molar-refractivity contribution in [3.8, 4) is 78.4 Å². The molecule has 0 saturated heterocycles. The monoisotopic (exact) mass is 754 g/mol. The second-order valence-corrected chi connectivity index (χ2v) is 16.3. The van der Waals surface area contributed by atoms with Crippen LogP contribution < -0.4 is 0 Å². The van der Waals surface area contributed by atoms with E-state index in [-0.39, 0.29) is 0 Å². The Balaban J connectivity index is 1.02. The van der Waals surface area contributed by atoms with Gasteiger partial charge in [0, 0.05) is 37.2 Å². The molecule has 58 heavy (non-hydrogen) atoms. The molecule has 0 amide bonds. The van der Waals surface area contributed by atoms with Gasteiger partial charge in [0.2, 0.25) is 0 Å². The minimum atomic E-state index is -0.393. The smallest absolute Gasteiger partial charge is 0.160 e. The highest BCUT2D eigenvalue weighted by atomic mass is 32.1. The largest absolute Gasteiger partial charge is 0.228 e. The first kappa shape index (κ1) is 33.0. The Morgan fingerprint density at radius 3 is 1.67 bits per heavy atom. The zero-order valence-electron chi connectivity index (χ0n) is 31.4. The zero-order chi connectivity index (χ0) is 38.2. The van der Waals surface area contributed by atoms with Gasteiger partial charge in [-0.05, 0) is 86.0 Å². The standard InChI is InChI=1S/C55H34N2S/c1-3-15-35(16-4-1)37-19-14-22-41(32-37)54-56-49(36-17-5-2-6-18-36)34-50(57-54)40-21-13-20-38(31-40)39-29-30-43-42-23-7-10-26-46(42)55(48(43)33-39)47-27-11-8-24-44(47)52-45-25-9-12-28-51(45)58-53(52)55/h1-34H. The highest BCUT2D eigenvalue weighted by Crippen LogP contribution is 2.66. The van der Waals surface area contributed by atoms with E-state index in [1.807, 2.05) is 17.4 Å². The molecule has 10 aromatic rings. The van der Waals surface area contributed by atoms with Crippen LogP contribution in [0.2, 0.25) is 0 Å². The van der Waals surface area contributed by atoms with E-state index in [9.17, 15) is 0 Å². The molecule has 0 radical (unpaired) electrons. The molecule has 0 bridgehead atoms. The van der Waals surface area contributed by atoms with E-state index in [0.29, 0.717) is 5.82 Å². The summed E-state index contributed by atoms with van der Waals surface area (Å²) in [5.41, 5.74) is 18.6. The molecule has 8 aromatic carbocycles. The molecule has 2 aromatic heterocycles. The summed E-state index contributed by atoms with van der Waals surface area (Å²) in [5.74, 6) is 0.704. The van der Waals surface area contributed by atoms with Gasteiger partial charge in [-0.15, -0.1) is 11.3 Å². The number of hydrogen-bond acceptors (Lipinski definition) is 3. The van der Waals surface area contributed by atoms with Crippen LogP contribution in [0, 0.1) is 0 Å². The van der Waals surface area contributed by atoms with Crippen LogP contribution in [0.3, 0.4) is 0 Å². The quantitative estimate of drug-likeness (QED) is 0.175. The van der Waals surface area contributed by atoms with E-state index in [0.717, 1.165) is 39.2 Å². The van der Waals surface area contributed by atoms with E-state index in [4.69, 9.17) is 9.97 Å². The topological polar surface area (TPSA) is 25.8 Å². The van der Waals surface area contributed by atoms with Crippen molar-refractivity contribution >= 4 is 21.4 Å². The van der Waals surface area contributed by atoms with Gasteiger partial charge in [0.05, 0.1) is 16.8 Å². The molecule has 2 aliphatic rings. The Morgan fingerprint density at radius 2 is 0.879 bits per heavy atom. The van der Waals surface area contributed by atoms with Crippen molar-refractivity contribution < 1.29 is 0 Å². The predicted octanol–water partition coefficient (Wildman–Crippen LogP) is 14.4. The van der Waals surface area contributed by atoms with Crippen LogP contribution in [-0.2, 0) is 5.41 Å². The minimum Gasteiger partial charge on any atom is -0.228 e. The van der Waals surface area contributed by atoms with Gasteiger partial charge in [-0.2, -0.15) is 0 Å². The second kappa shape index (κ2) is 12.9. The highest BCUT2D eigenvalue weighted by molar-refractivity contribution is 7.20. The average molecular weight is 755 g/mol. The molecule has 2 heterocycles. The maximum atomic E-state index is 5.27. The van der Waals surface area contributed by atoms with Gasteiger partial charge in [0.25, 0.3) is 0 Å². The van der Waals surface area contributed by atoms with Gasteiger partial charge in [-0.3, -0.25) is 0 Å². The first-order chi connectivity index (χ1) is 28.7. The molecule has 0 fully saturated rings. The number of fused-ring (bicyclic) bond motifs is 12. The van der Waals surface area contributed by atoms with Gasteiger partial charge in [-0.25, -0.2) is 9.97 Å². The average Bonchev–Trinajstić information content (AvgIpc) is 3.93. The van der Waals surface area contributed by atoms with Crippen LogP contribution >= 0.6 is 11.3 Å². The lowest BCUT2D eigenvalue weighted by molar-refractivity contribution is 0.812. The molecular weight excluding hydrogens is 721 g/mol. The van der Waals surface area contributed by atoms with E-state index >= 15 is 0 Å². The summed E-state index contributed by atoms with van der Waals surface area (Å²) in [6.45, 7) is 0. The summed E-state index contributed by atoms with van der Waals surface area (Å²) < 4.78 is 1.34. The van der Waals surface area contributed by atoms with Gasteiger partial charge < -0.3 is 0 Å². The number of rotatable bonds is 5. The fourth-order valence-electron chi connectivity index (χ4n) is 9.53. The number of hydrogen-bond donors (Lipinski definition) is 0. The third kappa shape index (κ3) is 4.90. The summed E-state index contributed by atoms with van der Waals surface area (Å²) in [7, 11) is 0. The number of nitrogens with zero attached hydrogens (tertiary/aromatic N) is 2. The van der Waals surface area contributed by atoms with E-state index in [1.54, 1.807) is 0 Å². The lowest BCUT2D eigenvalue weighted by Gasteiger charge is -2.29. The highest BCUT2D eigenvalue weighted by Gasteiger charge is 2.53. The molecule has 1 unspecified atom stereocenters. The molecule has 1 spiro atoms. The van der Waals surface area contributed by atoms with Crippen molar-refractivity contribution in [1.29, 1.82) is 0 Å². The van der Waals surface area contributed by atoms with Gasteiger partial charge in [0.15, 0.2) is 5.82 Å². The SMILES string of the molecule is c1ccc(-c2cccc(-c3nc(-c4ccccc4)cc(-c4cccc(-c5ccc6c(c5)C5(c7ccccc7-6)c6ccccc6-c6c5sc5ccccc65)c4)n3)c2)cc1. The lowest BCUT2D eigenvalue weighted by atomic mass is 9.73. The number of aromatic nitrogens is 2. The first-order valence-corrected chi connectivity index (χ1v) is 20.6. The Kier molecular flexibility index (Phi) is 7.35. The normalized spacial score (nSPS) is 14.6. The predicted molar refractivity (Wildman–Crippen MR) is 241 cm³/mol. The molecule has 2 aliphatic carbocycles. The fraction of sp³-hybridized carbons (Fsp3) is 0.0182. The summed E-state index contributed by atoms with van der Waals surface area (Å²) in [6.07, 6.45) is 0. The van der Waals surface area contributed by atoms with Gasteiger partial charge in [0.1, 0.15) is 0 Å². The Hall–Kier alpha value is -7.20. The van der Waals surface area contributed by atoms with Gasteiger partial charge in [-0.1, -0.05) is 176 Å². The third-order valence-corrected chi connectivity index (χ3v) is 13.4. The fourth-order valence-corrected chi connectivity index (χ4v) is 11.0. The van der Waals surface area contributed by atoms with E-state index in [1.165, 1.54) is 65.0 Å². The van der Waals surface area contributed by atoms with E-state index < -0.39 is 5.41 Å². The van der Waals surface area contributed by atoms with Crippen LogP contribution in [0.4, 0.5) is 0 Å². The third-order valence-electron chi connectivity index (χ3n) is 12.1. The summed E-state index contributed by atoms with van der Waals surface area (Å²) in [6, 6.07) is 74.7. The molecule has 12 rings (SSSR count). The van der Waals surface area contributed by atoms with Crippen LogP contribution in [-0.4, -0.2) is 9.97 Å². The molecule has 0 saturated carbocycles. The van der Waals surface area contributed by atoms with Crippen LogP contribution in [0.1, 0.15) is 21.6 Å². The molecule has 2 nitrogen and oxygen atoms in total. The molecular formula is C55H34N2S. The molecule has 0 aliphatic heterocycles. The van der Waals surface area contributed by atoms with Crippen molar-refractivity contribution in [3.05, 3.63) is 228 Å². The summed E-state index contributed by atoms with van der Waals surface area (Å²) >= 11 is 1.95. The maximum absolute atomic E-state index is 5.27. The Bertz CT molecular complexity index is 3240. The van der Waals surface area contributed by atoms with Crippen molar-refractivity contribution in [2.75, 3.05) is 0 Å². The van der Waals surface area contributed by atoms with Crippen molar-refractivity contribution in [2.24, 2.45) is 0 Å². The van der Waals surface area contributed by atoms with Crippen LogP contribution in [0.25, 0.3) is 88.5 Å². The maximum Gasteiger partial charge on any atom is 0.160 e. The first-order valence-electron chi connectivity index (χ1n) is 19.8. The molecule has 270 valence electrons. The van der Waals surface area contributed by atoms with Crippen molar-refractivity contribution in [3.63, 3.8) is 0 Å². The zero-order valence-corrected chi connectivity index (χ0v) is 32.2. The summed E-state index contributed by atoms with van der Waals surface area (Å²) in [4.78, 5) is 11.9. The Labute approximate surface area is 341 Å². The molecule has 3 heteroatoms.